The molecule has 0 radical (unpaired) electrons. The molecule has 0 spiro atoms. The zero-order valence-electron chi connectivity index (χ0n) is 11.8. The maximum Gasteiger partial charge on any atom is 0.254 e. The second kappa shape index (κ2) is 4.70. The first kappa shape index (κ1) is 12.1. The topological polar surface area (TPSA) is 58.4 Å². The molecule has 6 heteroatoms. The predicted octanol–water partition coefficient (Wildman–Crippen LogP) is 1.15. The van der Waals surface area contributed by atoms with Crippen molar-refractivity contribution in [2.24, 2.45) is 0 Å². The van der Waals surface area contributed by atoms with E-state index >= 15 is 0 Å². The van der Waals surface area contributed by atoms with E-state index in [0.29, 0.717) is 17.9 Å². The average Bonchev–Trinajstić information content (AvgIpc) is 3.17. The highest BCUT2D eigenvalue weighted by molar-refractivity contribution is 5.49. The van der Waals surface area contributed by atoms with Crippen LogP contribution in [0.3, 0.4) is 0 Å². The SMILES string of the molecule is Cc1cc(N2CCCC2C2CCCN2)n2ncnc2n1. The average molecular weight is 272 g/mol. The summed E-state index contributed by atoms with van der Waals surface area (Å²) >= 11 is 0. The summed E-state index contributed by atoms with van der Waals surface area (Å²) in [6.45, 7) is 4.28. The van der Waals surface area contributed by atoms with Crippen LogP contribution < -0.4 is 10.2 Å². The fourth-order valence-electron chi connectivity index (χ4n) is 3.65. The maximum absolute atomic E-state index is 4.44. The molecule has 106 valence electrons. The number of nitrogens with one attached hydrogen (secondary N) is 1. The van der Waals surface area contributed by atoms with Crippen LogP contribution in [0.2, 0.25) is 0 Å². The third-order valence-corrected chi connectivity index (χ3v) is 4.52. The molecule has 0 amide bonds. The lowest BCUT2D eigenvalue weighted by atomic mass is 10.0. The Morgan fingerprint density at radius 1 is 1.30 bits per heavy atom. The monoisotopic (exact) mass is 272 g/mol. The summed E-state index contributed by atoms with van der Waals surface area (Å²) in [5.74, 6) is 1.84. The van der Waals surface area contributed by atoms with Crippen LogP contribution in [0.1, 0.15) is 31.4 Å². The zero-order chi connectivity index (χ0) is 13.5. The smallest absolute Gasteiger partial charge is 0.254 e. The lowest BCUT2D eigenvalue weighted by Gasteiger charge is -2.31. The summed E-state index contributed by atoms with van der Waals surface area (Å²) in [5, 5.41) is 8.00. The van der Waals surface area contributed by atoms with Crippen molar-refractivity contribution in [3.63, 3.8) is 0 Å². The van der Waals surface area contributed by atoms with E-state index in [9.17, 15) is 0 Å². The molecule has 1 N–H and O–H groups in total. The first-order valence-electron chi connectivity index (χ1n) is 7.50. The van der Waals surface area contributed by atoms with Crippen LogP contribution in [0, 0.1) is 6.92 Å². The van der Waals surface area contributed by atoms with E-state index in [1.165, 1.54) is 25.7 Å². The van der Waals surface area contributed by atoms with Crippen molar-refractivity contribution in [3.8, 4) is 0 Å². The molecule has 0 bridgehead atoms. The summed E-state index contributed by atoms with van der Waals surface area (Å²) in [5.41, 5.74) is 1.01. The number of hydrogen-bond donors (Lipinski definition) is 1. The van der Waals surface area contributed by atoms with Gasteiger partial charge in [-0.05, 0) is 39.2 Å². The molecule has 20 heavy (non-hydrogen) atoms. The first-order chi connectivity index (χ1) is 9.83. The Morgan fingerprint density at radius 2 is 2.25 bits per heavy atom. The van der Waals surface area contributed by atoms with Crippen molar-refractivity contribution in [2.75, 3.05) is 18.0 Å². The van der Waals surface area contributed by atoms with Gasteiger partial charge in [0.2, 0.25) is 0 Å². The molecular formula is C14H20N6. The fourth-order valence-corrected chi connectivity index (χ4v) is 3.65. The molecular weight excluding hydrogens is 252 g/mol. The van der Waals surface area contributed by atoms with E-state index < -0.39 is 0 Å². The highest BCUT2D eigenvalue weighted by Gasteiger charge is 2.34. The number of anilines is 1. The second-order valence-corrected chi connectivity index (χ2v) is 5.83. The normalized spacial score (nSPS) is 26.8. The van der Waals surface area contributed by atoms with Gasteiger partial charge in [-0.2, -0.15) is 14.6 Å². The van der Waals surface area contributed by atoms with Gasteiger partial charge < -0.3 is 10.2 Å². The molecule has 2 aliphatic heterocycles. The van der Waals surface area contributed by atoms with Crippen molar-refractivity contribution in [1.82, 2.24) is 24.9 Å². The van der Waals surface area contributed by atoms with Crippen LogP contribution in [0.25, 0.3) is 5.78 Å². The van der Waals surface area contributed by atoms with Crippen molar-refractivity contribution < 1.29 is 0 Å². The molecule has 2 atom stereocenters. The second-order valence-electron chi connectivity index (χ2n) is 5.83. The molecule has 6 nitrogen and oxygen atoms in total. The van der Waals surface area contributed by atoms with E-state index in [4.69, 9.17) is 0 Å². The Kier molecular flexibility index (Phi) is 2.84. The molecule has 2 unspecified atom stereocenters. The fraction of sp³-hybridized carbons (Fsp3) is 0.643. The van der Waals surface area contributed by atoms with Crippen LogP contribution >= 0.6 is 0 Å². The zero-order valence-corrected chi connectivity index (χ0v) is 11.8. The van der Waals surface area contributed by atoms with Gasteiger partial charge in [-0.15, -0.1) is 0 Å². The number of aromatic nitrogens is 4. The molecule has 0 aromatic carbocycles. The molecule has 2 aromatic heterocycles. The molecule has 4 rings (SSSR count). The minimum Gasteiger partial charge on any atom is -0.352 e. The molecule has 2 aliphatic rings. The van der Waals surface area contributed by atoms with Gasteiger partial charge >= 0.3 is 0 Å². The van der Waals surface area contributed by atoms with Gasteiger partial charge in [0.15, 0.2) is 0 Å². The van der Waals surface area contributed by atoms with Crippen molar-refractivity contribution >= 4 is 11.6 Å². The quantitative estimate of drug-likeness (QED) is 0.889. The molecule has 2 fully saturated rings. The predicted molar refractivity (Wildman–Crippen MR) is 76.9 cm³/mol. The minimum absolute atomic E-state index is 0.576. The molecule has 2 aromatic rings. The summed E-state index contributed by atoms with van der Waals surface area (Å²) in [6, 6.07) is 3.32. The van der Waals surface area contributed by atoms with Crippen molar-refractivity contribution in [1.29, 1.82) is 0 Å². The number of rotatable bonds is 2. The highest BCUT2D eigenvalue weighted by atomic mass is 15.4. The summed E-state index contributed by atoms with van der Waals surface area (Å²) in [4.78, 5) is 11.2. The van der Waals surface area contributed by atoms with E-state index in [1.54, 1.807) is 6.33 Å². The summed E-state index contributed by atoms with van der Waals surface area (Å²) < 4.78 is 1.88. The van der Waals surface area contributed by atoms with Crippen LogP contribution in [0.15, 0.2) is 12.4 Å². The van der Waals surface area contributed by atoms with Gasteiger partial charge in [-0.1, -0.05) is 0 Å². The van der Waals surface area contributed by atoms with Gasteiger partial charge in [0.05, 0.1) is 0 Å². The lowest BCUT2D eigenvalue weighted by molar-refractivity contribution is 0.479. The van der Waals surface area contributed by atoms with Crippen LogP contribution in [-0.2, 0) is 0 Å². The summed E-state index contributed by atoms with van der Waals surface area (Å²) in [7, 11) is 0. The largest absolute Gasteiger partial charge is 0.352 e. The minimum atomic E-state index is 0.576. The van der Waals surface area contributed by atoms with E-state index in [0.717, 1.165) is 24.6 Å². The van der Waals surface area contributed by atoms with Gasteiger partial charge in [0, 0.05) is 30.4 Å². The third-order valence-electron chi connectivity index (χ3n) is 4.52. The first-order valence-corrected chi connectivity index (χ1v) is 7.50. The Balaban J connectivity index is 1.75. The number of hydrogen-bond acceptors (Lipinski definition) is 5. The van der Waals surface area contributed by atoms with Crippen LogP contribution in [0.4, 0.5) is 5.82 Å². The van der Waals surface area contributed by atoms with Gasteiger partial charge in [-0.3, -0.25) is 0 Å². The van der Waals surface area contributed by atoms with E-state index in [2.05, 4.69) is 31.3 Å². The summed E-state index contributed by atoms with van der Waals surface area (Å²) in [6.07, 6.45) is 6.68. The molecule has 2 saturated heterocycles. The number of nitrogens with zero attached hydrogens (tertiary/aromatic N) is 5. The third kappa shape index (κ3) is 1.86. The van der Waals surface area contributed by atoms with Crippen LogP contribution in [-0.4, -0.2) is 44.8 Å². The Bertz CT molecular complexity index is 615. The molecule has 4 heterocycles. The standard InChI is InChI=1S/C14H20N6/c1-10-8-13(20-14(18-10)16-9-17-20)19-7-3-5-12(19)11-4-2-6-15-11/h8-9,11-12,15H,2-7H2,1H3. The van der Waals surface area contributed by atoms with Crippen molar-refractivity contribution in [3.05, 3.63) is 18.1 Å². The highest BCUT2D eigenvalue weighted by Crippen LogP contribution is 2.30. The van der Waals surface area contributed by atoms with Gasteiger partial charge in [0.1, 0.15) is 12.1 Å². The number of fused-ring (bicyclic) bond motifs is 1. The maximum atomic E-state index is 4.44. The lowest BCUT2D eigenvalue weighted by Crippen LogP contribution is -2.44. The number of aryl methyl sites for hydroxylation is 1. The van der Waals surface area contributed by atoms with E-state index in [-0.39, 0.29) is 0 Å². The van der Waals surface area contributed by atoms with E-state index in [1.807, 2.05) is 11.4 Å². The Labute approximate surface area is 118 Å². The van der Waals surface area contributed by atoms with Gasteiger partial charge in [0.25, 0.3) is 5.78 Å². The molecule has 0 saturated carbocycles. The van der Waals surface area contributed by atoms with Crippen LogP contribution in [0.5, 0.6) is 0 Å². The Morgan fingerprint density at radius 3 is 3.10 bits per heavy atom. The molecule has 0 aliphatic carbocycles. The van der Waals surface area contributed by atoms with Crippen molar-refractivity contribution in [2.45, 2.75) is 44.7 Å². The van der Waals surface area contributed by atoms with Gasteiger partial charge in [-0.25, -0.2) is 4.98 Å². The Hall–Kier alpha value is -1.69.